The van der Waals surface area contributed by atoms with E-state index in [4.69, 9.17) is 9.84 Å². The molecule has 0 atom stereocenters. The van der Waals surface area contributed by atoms with Gasteiger partial charge in [-0.2, -0.15) is 0 Å². The van der Waals surface area contributed by atoms with E-state index in [2.05, 4.69) is 72.3 Å². The summed E-state index contributed by atoms with van der Waals surface area (Å²) < 4.78 is 11.6. The van der Waals surface area contributed by atoms with Crippen molar-refractivity contribution >= 4 is 65.7 Å². The van der Waals surface area contributed by atoms with Crippen molar-refractivity contribution in [2.45, 2.75) is 13.8 Å². The summed E-state index contributed by atoms with van der Waals surface area (Å²) in [6.07, 6.45) is 1.11. The number of rotatable bonds is 4. The van der Waals surface area contributed by atoms with Crippen LogP contribution in [0.4, 0.5) is 0 Å². The van der Waals surface area contributed by atoms with E-state index in [1.165, 1.54) is 14.0 Å². The molecule has 1 aromatic rings. The number of benzene rings is 1. The Morgan fingerprint density at radius 3 is 1.81 bits per heavy atom. The zero-order chi connectivity index (χ0) is 21.7. The number of methoxy groups -OCH3 is 1. The monoisotopic (exact) mass is 568 g/mol. The number of halogens is 3. The molecule has 148 valence electrons. The molecule has 0 saturated heterocycles. The maximum absolute atomic E-state index is 10.9. The highest BCUT2D eigenvalue weighted by Crippen LogP contribution is 2.37. The molecule has 1 rings (SSSR count). The lowest BCUT2D eigenvalue weighted by atomic mass is 10.3. The minimum atomic E-state index is -0.935. The quantitative estimate of drug-likeness (QED) is 0.224. The number of ether oxygens (including phenoxy) is 2. The Morgan fingerprint density at radius 2 is 1.52 bits per heavy atom. The molecular weight excluding hydrogens is 552 g/mol. The van der Waals surface area contributed by atoms with Gasteiger partial charge in [-0.05, 0) is 73.8 Å². The molecule has 9 heteroatoms. The van der Waals surface area contributed by atoms with Gasteiger partial charge in [0.25, 0.3) is 0 Å². The van der Waals surface area contributed by atoms with Gasteiger partial charge in [0.1, 0.15) is 5.75 Å². The molecule has 0 aliphatic heterocycles. The maximum Gasteiger partial charge on any atom is 0.335 e. The first kappa shape index (κ1) is 27.5. The highest BCUT2D eigenvalue weighted by atomic mass is 79.9. The lowest BCUT2D eigenvalue weighted by Gasteiger charge is -2.06. The number of aliphatic carboxylic acids is 1. The Kier molecular flexibility index (Phi) is 14.6. The molecule has 1 N–H and O–H groups in total. The fraction of sp³-hybridized carbons (Fsp3) is 0.167. The third-order valence-electron chi connectivity index (χ3n) is 2.28. The van der Waals surface area contributed by atoms with Crippen LogP contribution in [0.3, 0.4) is 0 Å². The lowest BCUT2D eigenvalue weighted by Crippen LogP contribution is -2.03. The number of hydrogen-bond acceptors (Lipinski definition) is 5. The predicted molar refractivity (Wildman–Crippen MR) is 115 cm³/mol. The van der Waals surface area contributed by atoms with Crippen molar-refractivity contribution in [1.29, 1.82) is 0 Å². The van der Waals surface area contributed by atoms with Gasteiger partial charge in [-0.1, -0.05) is 19.7 Å². The molecule has 1 aromatic carbocycles. The summed E-state index contributed by atoms with van der Waals surface area (Å²) in [5.74, 6) is -1.32. The molecule has 6 nitrogen and oxygen atoms in total. The average molecular weight is 571 g/mol. The average Bonchev–Trinajstić information content (AvgIpc) is 2.62. The van der Waals surface area contributed by atoms with Gasteiger partial charge < -0.3 is 14.6 Å². The van der Waals surface area contributed by atoms with Crippen LogP contribution in [0.5, 0.6) is 5.75 Å². The summed E-state index contributed by atoms with van der Waals surface area (Å²) >= 11 is 9.96. The second-order valence-corrected chi connectivity index (χ2v) is 7.10. The normalized spacial score (nSPS) is 8.67. The van der Waals surface area contributed by atoms with Crippen molar-refractivity contribution in [3.63, 3.8) is 0 Å². The fourth-order valence-corrected chi connectivity index (χ4v) is 2.26. The minimum absolute atomic E-state index is 0.176. The zero-order valence-corrected chi connectivity index (χ0v) is 19.7. The largest absolute Gasteiger partial charge is 0.478 e. The molecule has 27 heavy (non-hydrogen) atoms. The number of hydrogen-bond donors (Lipinski definition) is 1. The molecule has 0 fully saturated rings. The van der Waals surface area contributed by atoms with Crippen LogP contribution in [0.25, 0.3) is 0 Å². The summed E-state index contributed by atoms with van der Waals surface area (Å²) in [7, 11) is 1.33. The van der Waals surface area contributed by atoms with E-state index in [-0.39, 0.29) is 11.5 Å². The topological polar surface area (TPSA) is 89.9 Å². The van der Waals surface area contributed by atoms with Gasteiger partial charge in [0, 0.05) is 26.2 Å². The van der Waals surface area contributed by atoms with Crippen LogP contribution in [0, 0.1) is 0 Å². The molecular formula is C18H19Br3O6. The summed E-state index contributed by atoms with van der Waals surface area (Å²) in [6, 6.07) is 3.46. The van der Waals surface area contributed by atoms with Crippen LogP contribution < -0.4 is 4.74 Å². The third kappa shape index (κ3) is 12.3. The SMILES string of the molecule is C=C(C)C(=O)O.C=C(C)C(=O)OC.C=CC(=O)Oc1ccc(Br)c(Br)c1Br. The maximum atomic E-state index is 10.9. The van der Waals surface area contributed by atoms with Crippen LogP contribution in [-0.2, 0) is 19.1 Å². The second kappa shape index (κ2) is 14.4. The van der Waals surface area contributed by atoms with E-state index >= 15 is 0 Å². The molecule has 0 spiro atoms. The molecule has 0 heterocycles. The first-order valence-electron chi connectivity index (χ1n) is 6.99. The highest BCUT2D eigenvalue weighted by Gasteiger charge is 2.10. The Bertz CT molecular complexity index is 729. The smallest absolute Gasteiger partial charge is 0.335 e. The number of carboxylic acids is 1. The van der Waals surface area contributed by atoms with E-state index in [0.29, 0.717) is 15.8 Å². The lowest BCUT2D eigenvalue weighted by molar-refractivity contribution is -0.136. The highest BCUT2D eigenvalue weighted by molar-refractivity contribution is 9.14. The van der Waals surface area contributed by atoms with Gasteiger partial charge in [-0.15, -0.1) is 0 Å². The van der Waals surface area contributed by atoms with Gasteiger partial charge in [-0.3, -0.25) is 0 Å². The number of carbonyl (C=O) groups excluding carboxylic acids is 2. The van der Waals surface area contributed by atoms with Gasteiger partial charge in [-0.25, -0.2) is 14.4 Å². The summed E-state index contributed by atoms with van der Waals surface area (Å²) in [5, 5.41) is 7.89. The van der Waals surface area contributed by atoms with Gasteiger partial charge in [0.05, 0.1) is 11.6 Å². The van der Waals surface area contributed by atoms with Crippen molar-refractivity contribution < 1.29 is 29.0 Å². The van der Waals surface area contributed by atoms with E-state index in [1.807, 2.05) is 0 Å². The van der Waals surface area contributed by atoms with Crippen molar-refractivity contribution in [2.75, 3.05) is 7.11 Å². The summed E-state index contributed by atoms with van der Waals surface area (Å²) in [5.41, 5.74) is 0.609. The molecule has 0 aromatic heterocycles. The van der Waals surface area contributed by atoms with Crippen molar-refractivity contribution in [3.8, 4) is 5.75 Å². The van der Waals surface area contributed by atoms with Crippen molar-refractivity contribution in [1.82, 2.24) is 0 Å². The van der Waals surface area contributed by atoms with Gasteiger partial charge in [0.15, 0.2) is 0 Å². The van der Waals surface area contributed by atoms with Crippen LogP contribution in [0.15, 0.2) is 62.5 Å². The first-order chi connectivity index (χ1) is 12.4. The molecule has 0 radical (unpaired) electrons. The predicted octanol–water partition coefficient (Wildman–Crippen LogP) is 5.45. The molecule has 0 bridgehead atoms. The summed E-state index contributed by atoms with van der Waals surface area (Å²) in [6.45, 7) is 12.9. The van der Waals surface area contributed by atoms with E-state index in [0.717, 1.165) is 15.0 Å². The van der Waals surface area contributed by atoms with Crippen molar-refractivity contribution in [3.05, 3.63) is 62.5 Å². The number of carbonyl (C=O) groups is 3. The van der Waals surface area contributed by atoms with Crippen LogP contribution in [-0.4, -0.2) is 30.1 Å². The molecule has 0 aliphatic rings. The van der Waals surface area contributed by atoms with Gasteiger partial charge in [0.2, 0.25) is 0 Å². The Labute approximate surface area is 183 Å². The number of carboxylic acid groups (broad SMARTS) is 1. The Hall–Kier alpha value is -1.71. The molecule has 0 saturated carbocycles. The molecule has 0 unspecified atom stereocenters. The summed E-state index contributed by atoms with van der Waals surface area (Å²) in [4.78, 5) is 30.7. The fourth-order valence-electron chi connectivity index (χ4n) is 0.911. The first-order valence-corrected chi connectivity index (χ1v) is 9.37. The second-order valence-electron chi connectivity index (χ2n) is 4.66. The Balaban J connectivity index is 0. The minimum Gasteiger partial charge on any atom is -0.478 e. The van der Waals surface area contributed by atoms with E-state index < -0.39 is 11.9 Å². The van der Waals surface area contributed by atoms with Crippen molar-refractivity contribution in [2.24, 2.45) is 0 Å². The van der Waals surface area contributed by atoms with Crippen LogP contribution >= 0.6 is 47.8 Å². The molecule has 0 amide bonds. The van der Waals surface area contributed by atoms with E-state index in [9.17, 15) is 14.4 Å². The Morgan fingerprint density at radius 1 is 1.04 bits per heavy atom. The standard InChI is InChI=1S/C9H5Br3O2.C5H8O2.C4H6O2/c1-2-7(13)14-6-4-3-5(10)8(11)9(6)12;1-4(2)5(6)7-3;1-3(2)4(5)6/h2-4H,1H2;1H2,2-3H3;1H2,2H3,(H,5,6). The van der Waals surface area contributed by atoms with E-state index in [1.54, 1.807) is 19.1 Å². The van der Waals surface area contributed by atoms with Crippen LogP contribution in [0.1, 0.15) is 13.8 Å². The molecule has 0 aliphatic carbocycles. The zero-order valence-electron chi connectivity index (χ0n) is 15.0. The van der Waals surface area contributed by atoms with Crippen LogP contribution in [0.2, 0.25) is 0 Å². The number of esters is 2. The third-order valence-corrected chi connectivity index (χ3v) is 5.61. The van der Waals surface area contributed by atoms with Gasteiger partial charge >= 0.3 is 17.9 Å².